The summed E-state index contributed by atoms with van der Waals surface area (Å²) in [6, 6.07) is 0. The van der Waals surface area contributed by atoms with Crippen molar-refractivity contribution in [2.24, 2.45) is 11.8 Å². The van der Waals surface area contributed by atoms with E-state index in [1.807, 2.05) is 0 Å². The zero-order valence-corrected chi connectivity index (χ0v) is 9.50. The molecular weight excluding hydrogens is 186 g/mol. The second-order valence-electron chi connectivity index (χ2n) is 3.85. The SMILES string of the molecule is CC(C)C1CCN(C(=S)S)CC1. The fourth-order valence-electron chi connectivity index (χ4n) is 1.76. The number of piperidine rings is 1. The summed E-state index contributed by atoms with van der Waals surface area (Å²) in [5, 5.41) is 0. The normalized spacial score (nSPS) is 20.2. The van der Waals surface area contributed by atoms with Crippen molar-refractivity contribution < 1.29 is 0 Å². The van der Waals surface area contributed by atoms with Gasteiger partial charge >= 0.3 is 0 Å². The number of likely N-dealkylation sites (tertiary alicyclic amines) is 1. The number of thiocarbonyl (C=S) groups is 1. The first-order valence-electron chi connectivity index (χ1n) is 4.59. The highest BCUT2D eigenvalue weighted by atomic mass is 32.1. The summed E-state index contributed by atoms with van der Waals surface area (Å²) < 4.78 is 0.761. The Bertz CT molecular complexity index is 160. The van der Waals surface area contributed by atoms with Crippen LogP contribution in [0.15, 0.2) is 0 Å². The van der Waals surface area contributed by atoms with Gasteiger partial charge in [0.15, 0.2) is 0 Å². The van der Waals surface area contributed by atoms with Gasteiger partial charge < -0.3 is 4.90 Å². The van der Waals surface area contributed by atoms with Crippen LogP contribution >= 0.6 is 24.8 Å². The number of nitrogens with zero attached hydrogens (tertiary/aromatic N) is 1. The highest BCUT2D eigenvalue weighted by Gasteiger charge is 2.21. The zero-order valence-electron chi connectivity index (χ0n) is 7.79. The molecule has 1 nitrogen and oxygen atoms in total. The van der Waals surface area contributed by atoms with E-state index in [9.17, 15) is 0 Å². The fraction of sp³-hybridized carbons (Fsp3) is 0.889. The molecule has 1 fully saturated rings. The monoisotopic (exact) mass is 203 g/mol. The van der Waals surface area contributed by atoms with E-state index >= 15 is 0 Å². The Kier molecular flexibility index (Phi) is 3.84. The molecular formula is C9H17NS2. The maximum atomic E-state index is 5.01. The zero-order chi connectivity index (χ0) is 9.14. The molecule has 0 bridgehead atoms. The van der Waals surface area contributed by atoms with Crippen molar-refractivity contribution in [1.29, 1.82) is 0 Å². The lowest BCUT2D eigenvalue weighted by atomic mass is 9.87. The maximum Gasteiger partial charge on any atom is 0.133 e. The summed E-state index contributed by atoms with van der Waals surface area (Å²) in [5.74, 6) is 1.71. The maximum absolute atomic E-state index is 5.01. The third-order valence-electron chi connectivity index (χ3n) is 2.75. The van der Waals surface area contributed by atoms with Crippen LogP contribution in [0.25, 0.3) is 0 Å². The predicted octanol–water partition coefficient (Wildman–Crippen LogP) is 2.57. The summed E-state index contributed by atoms with van der Waals surface area (Å²) >= 11 is 9.19. The molecule has 1 aliphatic rings. The summed E-state index contributed by atoms with van der Waals surface area (Å²) in [6.07, 6.45) is 2.55. The van der Waals surface area contributed by atoms with E-state index in [1.165, 1.54) is 12.8 Å². The first-order valence-corrected chi connectivity index (χ1v) is 5.44. The average molecular weight is 203 g/mol. The summed E-state index contributed by atoms with van der Waals surface area (Å²) in [7, 11) is 0. The molecule has 0 aromatic carbocycles. The molecule has 0 aromatic rings. The van der Waals surface area contributed by atoms with E-state index in [0.29, 0.717) is 0 Å². The summed E-state index contributed by atoms with van der Waals surface area (Å²) in [5.41, 5.74) is 0. The van der Waals surface area contributed by atoms with E-state index in [2.05, 4.69) is 31.4 Å². The molecule has 1 aliphatic heterocycles. The quantitative estimate of drug-likeness (QED) is 0.515. The van der Waals surface area contributed by atoms with Gasteiger partial charge in [-0.1, -0.05) is 26.1 Å². The van der Waals surface area contributed by atoms with Crippen molar-refractivity contribution in [3.8, 4) is 0 Å². The van der Waals surface area contributed by atoms with Crippen LogP contribution in [0.4, 0.5) is 0 Å². The molecule has 0 unspecified atom stereocenters. The van der Waals surface area contributed by atoms with Crippen LogP contribution < -0.4 is 0 Å². The Morgan fingerprint density at radius 1 is 1.42 bits per heavy atom. The van der Waals surface area contributed by atoms with Gasteiger partial charge in [-0.05, 0) is 24.7 Å². The molecule has 70 valence electrons. The molecule has 0 saturated carbocycles. The van der Waals surface area contributed by atoms with Crippen LogP contribution in [-0.4, -0.2) is 22.3 Å². The van der Waals surface area contributed by atoms with Crippen LogP contribution in [0.5, 0.6) is 0 Å². The molecule has 1 rings (SSSR count). The predicted molar refractivity (Wildman–Crippen MR) is 60.7 cm³/mol. The number of hydrogen-bond acceptors (Lipinski definition) is 1. The van der Waals surface area contributed by atoms with Gasteiger partial charge in [0, 0.05) is 13.1 Å². The van der Waals surface area contributed by atoms with E-state index in [0.717, 1.165) is 29.2 Å². The van der Waals surface area contributed by atoms with Gasteiger partial charge in [0.05, 0.1) is 0 Å². The van der Waals surface area contributed by atoms with Gasteiger partial charge in [0.25, 0.3) is 0 Å². The lowest BCUT2D eigenvalue weighted by Crippen LogP contribution is -2.36. The minimum absolute atomic E-state index is 0.761. The van der Waals surface area contributed by atoms with E-state index in [4.69, 9.17) is 12.2 Å². The van der Waals surface area contributed by atoms with Gasteiger partial charge in [-0.25, -0.2) is 0 Å². The molecule has 0 radical (unpaired) electrons. The van der Waals surface area contributed by atoms with Crippen LogP contribution in [0.2, 0.25) is 0 Å². The van der Waals surface area contributed by atoms with Crippen molar-refractivity contribution >= 4 is 29.2 Å². The minimum Gasteiger partial charge on any atom is -0.358 e. The Morgan fingerprint density at radius 3 is 2.25 bits per heavy atom. The number of thiol groups is 1. The van der Waals surface area contributed by atoms with Crippen molar-refractivity contribution in [2.75, 3.05) is 13.1 Å². The summed E-state index contributed by atoms with van der Waals surface area (Å²) in [4.78, 5) is 2.19. The Hall–Kier alpha value is 0.240. The molecule has 1 heterocycles. The van der Waals surface area contributed by atoms with E-state index in [-0.39, 0.29) is 0 Å². The van der Waals surface area contributed by atoms with Gasteiger partial charge in [-0.2, -0.15) is 0 Å². The van der Waals surface area contributed by atoms with Crippen LogP contribution in [0.1, 0.15) is 26.7 Å². The van der Waals surface area contributed by atoms with Crippen LogP contribution in [0.3, 0.4) is 0 Å². The molecule has 0 spiro atoms. The Balaban J connectivity index is 2.34. The van der Waals surface area contributed by atoms with E-state index < -0.39 is 0 Å². The number of hydrogen-bond donors (Lipinski definition) is 1. The van der Waals surface area contributed by atoms with Gasteiger partial charge in [-0.3, -0.25) is 0 Å². The van der Waals surface area contributed by atoms with Crippen molar-refractivity contribution in [3.63, 3.8) is 0 Å². The smallest absolute Gasteiger partial charge is 0.133 e. The molecule has 0 aliphatic carbocycles. The minimum atomic E-state index is 0.761. The molecule has 3 heteroatoms. The van der Waals surface area contributed by atoms with E-state index in [1.54, 1.807) is 0 Å². The molecule has 0 N–H and O–H groups in total. The second kappa shape index (κ2) is 4.47. The Morgan fingerprint density at radius 2 is 1.92 bits per heavy atom. The first-order chi connectivity index (χ1) is 5.61. The largest absolute Gasteiger partial charge is 0.358 e. The molecule has 0 amide bonds. The van der Waals surface area contributed by atoms with Crippen molar-refractivity contribution in [1.82, 2.24) is 4.90 Å². The van der Waals surface area contributed by atoms with Gasteiger partial charge in [0.1, 0.15) is 4.32 Å². The molecule has 1 saturated heterocycles. The second-order valence-corrected chi connectivity index (χ2v) is 4.96. The average Bonchev–Trinajstić information content (AvgIpc) is 2.04. The third-order valence-corrected chi connectivity index (χ3v) is 3.29. The lowest BCUT2D eigenvalue weighted by molar-refractivity contribution is 0.224. The standard InChI is InChI=1S/C9H17NS2/c1-7(2)8-3-5-10(6-4-8)9(11)12/h7-8H,3-6H2,1-2H3,(H,11,12). The van der Waals surface area contributed by atoms with Crippen molar-refractivity contribution in [3.05, 3.63) is 0 Å². The molecule has 0 atom stereocenters. The van der Waals surface area contributed by atoms with Crippen LogP contribution in [-0.2, 0) is 0 Å². The lowest BCUT2D eigenvalue weighted by Gasteiger charge is -2.34. The van der Waals surface area contributed by atoms with Crippen LogP contribution in [0, 0.1) is 11.8 Å². The summed E-state index contributed by atoms with van der Waals surface area (Å²) in [6.45, 7) is 6.81. The number of rotatable bonds is 1. The molecule has 0 aromatic heterocycles. The highest BCUT2D eigenvalue weighted by molar-refractivity contribution is 8.10. The Labute approximate surface area is 85.9 Å². The van der Waals surface area contributed by atoms with Crippen molar-refractivity contribution in [2.45, 2.75) is 26.7 Å². The first kappa shape index (κ1) is 10.3. The third kappa shape index (κ3) is 2.63. The fourth-order valence-corrected chi connectivity index (χ4v) is 2.14. The molecule has 12 heavy (non-hydrogen) atoms. The van der Waals surface area contributed by atoms with Gasteiger partial charge in [-0.15, -0.1) is 12.6 Å². The topological polar surface area (TPSA) is 3.24 Å². The highest BCUT2D eigenvalue weighted by Crippen LogP contribution is 2.24. The van der Waals surface area contributed by atoms with Gasteiger partial charge in [0.2, 0.25) is 0 Å².